The summed E-state index contributed by atoms with van der Waals surface area (Å²) >= 11 is 0. The van der Waals surface area contributed by atoms with Gasteiger partial charge in [0.1, 0.15) is 0 Å². The summed E-state index contributed by atoms with van der Waals surface area (Å²) in [7, 11) is 0. The van der Waals surface area contributed by atoms with E-state index in [-0.39, 0.29) is 46.0 Å². The van der Waals surface area contributed by atoms with E-state index < -0.39 is 0 Å². The van der Waals surface area contributed by atoms with Crippen LogP contribution in [0, 0.1) is 10.1 Å². The third-order valence-electron chi connectivity index (χ3n) is 8.18. The second-order valence-electron chi connectivity index (χ2n) is 11.5. The van der Waals surface area contributed by atoms with Crippen LogP contribution in [0.25, 0.3) is 0 Å². The molecule has 1 aliphatic heterocycles. The maximum absolute atomic E-state index is 13.0. The number of nitrogens with zero attached hydrogens (tertiary/aromatic N) is 8. The monoisotopic (exact) mass is 590 g/mol. The van der Waals surface area contributed by atoms with Crippen molar-refractivity contribution in [2.75, 3.05) is 37.6 Å². The van der Waals surface area contributed by atoms with Crippen molar-refractivity contribution in [1.29, 1.82) is 0 Å². The molecule has 14 nitrogen and oxygen atoms in total. The SMILES string of the molecule is CCc1nc([N+](=O)[O-])c(N2CCN(CCCn3nnc(C(=O)NC4CC4)c3C(=O)NC3CC3)CC2)n1Cc1ccccc1. The molecule has 3 aromatic rings. The average molecular weight is 591 g/mol. The van der Waals surface area contributed by atoms with Gasteiger partial charge < -0.3 is 25.6 Å². The predicted octanol–water partition coefficient (Wildman–Crippen LogP) is 1.99. The molecule has 0 spiro atoms. The largest absolute Gasteiger partial charge is 0.406 e. The molecule has 2 aromatic heterocycles. The number of amides is 2. The van der Waals surface area contributed by atoms with Crippen molar-refractivity contribution in [1.82, 2.24) is 40.1 Å². The lowest BCUT2D eigenvalue weighted by molar-refractivity contribution is -0.388. The molecule has 2 amide bonds. The highest BCUT2D eigenvalue weighted by Crippen LogP contribution is 2.31. The van der Waals surface area contributed by atoms with Crippen LogP contribution in [-0.4, -0.2) is 91.0 Å². The molecule has 14 heteroatoms. The first kappa shape index (κ1) is 28.8. The molecule has 3 fully saturated rings. The van der Waals surface area contributed by atoms with Crippen LogP contribution < -0.4 is 15.5 Å². The molecular weight excluding hydrogens is 552 g/mol. The minimum Gasteiger partial charge on any atom is -0.358 e. The second kappa shape index (κ2) is 12.5. The van der Waals surface area contributed by atoms with Crippen LogP contribution in [0.3, 0.4) is 0 Å². The molecule has 2 aliphatic carbocycles. The lowest BCUT2D eigenvalue weighted by Gasteiger charge is -2.35. The molecule has 0 bridgehead atoms. The van der Waals surface area contributed by atoms with Gasteiger partial charge in [-0.25, -0.2) is 4.68 Å². The Kier molecular flexibility index (Phi) is 8.36. The van der Waals surface area contributed by atoms with Gasteiger partial charge in [0.2, 0.25) is 11.6 Å². The highest BCUT2D eigenvalue weighted by atomic mass is 16.6. The van der Waals surface area contributed by atoms with Gasteiger partial charge in [0.25, 0.3) is 11.8 Å². The van der Waals surface area contributed by atoms with E-state index >= 15 is 0 Å². The summed E-state index contributed by atoms with van der Waals surface area (Å²) in [6, 6.07) is 10.2. The smallest absolute Gasteiger partial charge is 0.358 e. The Morgan fingerprint density at radius 3 is 2.28 bits per heavy atom. The average Bonchev–Trinajstić information content (AvgIpc) is 3.93. The van der Waals surface area contributed by atoms with Crippen LogP contribution in [0.1, 0.15) is 71.4 Å². The Balaban J connectivity index is 1.09. The number of anilines is 1. The first-order chi connectivity index (χ1) is 20.9. The third-order valence-corrected chi connectivity index (χ3v) is 8.18. The van der Waals surface area contributed by atoms with Gasteiger partial charge in [-0.2, -0.15) is 0 Å². The van der Waals surface area contributed by atoms with Crippen molar-refractivity contribution >= 4 is 23.5 Å². The molecule has 1 saturated heterocycles. The quantitative estimate of drug-likeness (QED) is 0.224. The fourth-order valence-corrected chi connectivity index (χ4v) is 5.55. The van der Waals surface area contributed by atoms with Crippen LogP contribution in [-0.2, 0) is 19.5 Å². The molecule has 3 heterocycles. The van der Waals surface area contributed by atoms with Gasteiger partial charge in [-0.15, -0.1) is 5.10 Å². The molecule has 0 atom stereocenters. The molecule has 2 N–H and O–H groups in total. The van der Waals surface area contributed by atoms with Gasteiger partial charge in [0.05, 0.1) is 6.54 Å². The number of carbonyl (C=O) groups excluding carboxylic acids is 2. The van der Waals surface area contributed by atoms with Crippen molar-refractivity contribution in [3.8, 4) is 0 Å². The number of aryl methyl sites for hydroxylation is 2. The summed E-state index contributed by atoms with van der Waals surface area (Å²) in [4.78, 5) is 46.2. The van der Waals surface area contributed by atoms with Crippen LogP contribution in [0.5, 0.6) is 0 Å². The number of nitrogens with one attached hydrogen (secondary N) is 2. The summed E-state index contributed by atoms with van der Waals surface area (Å²) in [6.07, 6.45) is 5.08. The molecule has 6 rings (SSSR count). The third kappa shape index (κ3) is 6.69. The number of nitro groups is 1. The number of carbonyl (C=O) groups is 2. The van der Waals surface area contributed by atoms with Crippen LogP contribution in [0.15, 0.2) is 30.3 Å². The Morgan fingerprint density at radius 2 is 1.65 bits per heavy atom. The number of benzene rings is 1. The predicted molar refractivity (Wildman–Crippen MR) is 158 cm³/mol. The molecule has 3 aliphatic rings. The number of imidazole rings is 1. The summed E-state index contributed by atoms with van der Waals surface area (Å²) in [5, 5.41) is 26.1. The maximum Gasteiger partial charge on any atom is 0.406 e. The van der Waals surface area contributed by atoms with Gasteiger partial charge >= 0.3 is 5.82 Å². The highest BCUT2D eigenvalue weighted by molar-refractivity contribution is 6.05. The molecule has 228 valence electrons. The normalized spacial score (nSPS) is 17.2. The molecule has 2 saturated carbocycles. The minimum absolute atomic E-state index is 0.0822. The van der Waals surface area contributed by atoms with E-state index in [0.29, 0.717) is 50.7 Å². The van der Waals surface area contributed by atoms with Gasteiger partial charge in [-0.05, 0) is 47.6 Å². The fraction of sp³-hybridized carbons (Fsp3) is 0.552. The Bertz CT molecular complexity index is 1470. The summed E-state index contributed by atoms with van der Waals surface area (Å²) in [6.45, 7) is 6.43. The van der Waals surface area contributed by atoms with Gasteiger partial charge in [-0.3, -0.25) is 19.1 Å². The molecular formula is C29H38N10O4. The van der Waals surface area contributed by atoms with E-state index in [2.05, 4.69) is 35.7 Å². The highest BCUT2D eigenvalue weighted by Gasteiger charge is 2.34. The first-order valence-electron chi connectivity index (χ1n) is 15.2. The van der Waals surface area contributed by atoms with Crippen molar-refractivity contribution in [2.45, 2.75) is 70.6 Å². The minimum atomic E-state index is -0.378. The topological polar surface area (TPSA) is 156 Å². The van der Waals surface area contributed by atoms with Crippen molar-refractivity contribution < 1.29 is 14.5 Å². The van der Waals surface area contributed by atoms with E-state index in [1.807, 2.05) is 41.8 Å². The van der Waals surface area contributed by atoms with Crippen molar-refractivity contribution in [2.24, 2.45) is 0 Å². The number of aromatic nitrogens is 5. The summed E-state index contributed by atoms with van der Waals surface area (Å²) in [5.74, 6) is 0.523. The summed E-state index contributed by atoms with van der Waals surface area (Å²) in [5.41, 5.74) is 1.37. The van der Waals surface area contributed by atoms with Gasteiger partial charge in [0, 0.05) is 57.8 Å². The van der Waals surface area contributed by atoms with E-state index in [0.717, 1.165) is 50.9 Å². The zero-order valence-corrected chi connectivity index (χ0v) is 24.4. The standard InChI is InChI=1S/C29H38N10O4/c1-2-23-32-26(39(42)43)29(37(23)19-20-7-4-3-5-8-20)36-17-15-35(16-18-36)13-6-14-38-25(28(41)31-22-11-12-22)24(33-34-38)27(40)30-21-9-10-21/h3-5,7-8,21-22H,2,6,9-19H2,1H3,(H,30,40)(H,31,41). The van der Waals surface area contributed by atoms with Gasteiger partial charge in [0.15, 0.2) is 11.4 Å². The molecule has 0 radical (unpaired) electrons. The molecule has 43 heavy (non-hydrogen) atoms. The second-order valence-corrected chi connectivity index (χ2v) is 11.5. The molecule has 0 unspecified atom stereocenters. The Labute approximate surface area is 249 Å². The Morgan fingerprint density at radius 1 is 0.977 bits per heavy atom. The van der Waals surface area contributed by atoms with Crippen molar-refractivity contribution in [3.05, 3.63) is 63.2 Å². The number of piperazine rings is 1. The summed E-state index contributed by atoms with van der Waals surface area (Å²) < 4.78 is 3.53. The number of hydrogen-bond donors (Lipinski definition) is 2. The zero-order valence-electron chi connectivity index (χ0n) is 24.4. The number of hydrogen-bond acceptors (Lipinski definition) is 9. The van der Waals surface area contributed by atoms with Gasteiger partial charge in [-0.1, -0.05) is 42.5 Å². The lowest BCUT2D eigenvalue weighted by atomic mass is 10.2. The molecule has 1 aromatic carbocycles. The number of rotatable bonds is 13. The van der Waals surface area contributed by atoms with Crippen LogP contribution in [0.4, 0.5) is 11.6 Å². The van der Waals surface area contributed by atoms with Crippen LogP contribution >= 0.6 is 0 Å². The van der Waals surface area contributed by atoms with Crippen LogP contribution in [0.2, 0.25) is 0 Å². The van der Waals surface area contributed by atoms with E-state index in [9.17, 15) is 19.7 Å². The first-order valence-corrected chi connectivity index (χ1v) is 15.2. The fourth-order valence-electron chi connectivity index (χ4n) is 5.55. The maximum atomic E-state index is 13.0. The Hall–Kier alpha value is -4.33. The lowest BCUT2D eigenvalue weighted by Crippen LogP contribution is -2.47. The van der Waals surface area contributed by atoms with E-state index in [1.54, 1.807) is 4.68 Å². The van der Waals surface area contributed by atoms with E-state index in [1.165, 1.54) is 0 Å². The van der Waals surface area contributed by atoms with Crippen molar-refractivity contribution in [3.63, 3.8) is 0 Å². The zero-order chi connectivity index (χ0) is 29.9. The van der Waals surface area contributed by atoms with E-state index in [4.69, 9.17) is 0 Å².